The molecule has 0 radical (unpaired) electrons. The van der Waals surface area contributed by atoms with E-state index in [2.05, 4.69) is 23.3 Å². The van der Waals surface area contributed by atoms with Crippen molar-refractivity contribution >= 4 is 11.6 Å². The molecule has 2 aromatic rings. The summed E-state index contributed by atoms with van der Waals surface area (Å²) in [5.41, 5.74) is 1.22. The number of hydrogen-bond acceptors (Lipinski definition) is 2. The Bertz CT molecular complexity index is 507. The van der Waals surface area contributed by atoms with Crippen molar-refractivity contribution in [3.05, 3.63) is 53.1 Å². The van der Waals surface area contributed by atoms with Gasteiger partial charge in [0.1, 0.15) is 5.82 Å². The topological polar surface area (TPSA) is 29.9 Å². The molecule has 0 aliphatic heterocycles. The fourth-order valence-corrected chi connectivity index (χ4v) is 2.20. The average molecular weight is 264 g/mol. The highest BCUT2D eigenvalue weighted by molar-refractivity contribution is 6.30. The fourth-order valence-electron chi connectivity index (χ4n) is 2.00. The Labute approximate surface area is 113 Å². The Morgan fingerprint density at radius 1 is 1.44 bits per heavy atom. The lowest BCUT2D eigenvalue weighted by Crippen LogP contribution is -2.22. The first-order chi connectivity index (χ1) is 8.70. The molecule has 0 bridgehead atoms. The summed E-state index contributed by atoms with van der Waals surface area (Å²) in [5, 5.41) is 4.30. The van der Waals surface area contributed by atoms with Gasteiger partial charge in [-0.05, 0) is 24.1 Å². The van der Waals surface area contributed by atoms with Crippen molar-refractivity contribution in [3.8, 4) is 0 Å². The highest BCUT2D eigenvalue weighted by atomic mass is 35.5. The molecule has 2 rings (SSSR count). The highest BCUT2D eigenvalue weighted by Crippen LogP contribution is 2.20. The third kappa shape index (κ3) is 3.12. The molecule has 0 saturated heterocycles. The molecule has 0 saturated carbocycles. The lowest BCUT2D eigenvalue weighted by molar-refractivity contribution is 0.502. The van der Waals surface area contributed by atoms with Crippen LogP contribution in [0.1, 0.15) is 30.8 Å². The number of halogens is 1. The van der Waals surface area contributed by atoms with Gasteiger partial charge in [-0.2, -0.15) is 0 Å². The van der Waals surface area contributed by atoms with Crippen LogP contribution in [0.15, 0.2) is 36.7 Å². The summed E-state index contributed by atoms with van der Waals surface area (Å²) in [4.78, 5) is 4.31. The fraction of sp³-hybridized carbons (Fsp3) is 0.357. The lowest BCUT2D eigenvalue weighted by Gasteiger charge is -2.17. The molecule has 3 nitrogen and oxygen atoms in total. The second kappa shape index (κ2) is 6.03. The van der Waals surface area contributed by atoms with Gasteiger partial charge in [0.2, 0.25) is 0 Å². The van der Waals surface area contributed by atoms with Crippen LogP contribution in [0.25, 0.3) is 0 Å². The summed E-state index contributed by atoms with van der Waals surface area (Å²) in [6.45, 7) is 2.92. The van der Waals surface area contributed by atoms with Crippen LogP contribution in [0.5, 0.6) is 0 Å². The van der Waals surface area contributed by atoms with E-state index in [0.717, 1.165) is 23.8 Å². The molecule has 1 unspecified atom stereocenters. The van der Waals surface area contributed by atoms with Crippen molar-refractivity contribution in [1.29, 1.82) is 0 Å². The number of nitrogens with zero attached hydrogens (tertiary/aromatic N) is 2. The van der Waals surface area contributed by atoms with Gasteiger partial charge in [0, 0.05) is 30.5 Å². The first kappa shape index (κ1) is 13.1. The van der Waals surface area contributed by atoms with Crippen LogP contribution in [0, 0.1) is 0 Å². The van der Waals surface area contributed by atoms with Crippen LogP contribution in [0.3, 0.4) is 0 Å². The van der Waals surface area contributed by atoms with Crippen molar-refractivity contribution in [2.75, 3.05) is 0 Å². The van der Waals surface area contributed by atoms with Crippen molar-refractivity contribution in [2.24, 2.45) is 7.05 Å². The molecule has 0 fully saturated rings. The zero-order valence-electron chi connectivity index (χ0n) is 10.7. The number of rotatable bonds is 5. The quantitative estimate of drug-likeness (QED) is 0.897. The van der Waals surface area contributed by atoms with Gasteiger partial charge < -0.3 is 9.88 Å². The standard InChI is InChI=1S/C14H18ClN3/c1-3-13(11-5-4-6-12(15)9-11)17-10-14-16-7-8-18(14)2/h4-9,13,17H,3,10H2,1-2H3. The van der Waals surface area contributed by atoms with Gasteiger partial charge in [0.15, 0.2) is 0 Å². The summed E-state index contributed by atoms with van der Waals surface area (Å²) < 4.78 is 2.03. The molecule has 96 valence electrons. The zero-order chi connectivity index (χ0) is 13.0. The van der Waals surface area contributed by atoms with Gasteiger partial charge in [-0.3, -0.25) is 0 Å². The minimum Gasteiger partial charge on any atom is -0.337 e. The monoisotopic (exact) mass is 263 g/mol. The molecule has 0 spiro atoms. The normalized spacial score (nSPS) is 12.6. The maximum Gasteiger partial charge on any atom is 0.122 e. The Morgan fingerprint density at radius 2 is 2.28 bits per heavy atom. The SMILES string of the molecule is CCC(NCc1nccn1C)c1cccc(Cl)c1. The van der Waals surface area contributed by atoms with Crippen LogP contribution in [-0.4, -0.2) is 9.55 Å². The van der Waals surface area contributed by atoms with Crippen LogP contribution >= 0.6 is 11.6 Å². The zero-order valence-corrected chi connectivity index (χ0v) is 11.5. The summed E-state index contributed by atoms with van der Waals surface area (Å²) in [6, 6.07) is 8.31. The van der Waals surface area contributed by atoms with E-state index in [1.807, 2.05) is 42.2 Å². The molecule has 4 heteroatoms. The average Bonchev–Trinajstić information content (AvgIpc) is 2.76. The molecular formula is C14H18ClN3. The van der Waals surface area contributed by atoms with Gasteiger partial charge in [-0.15, -0.1) is 0 Å². The van der Waals surface area contributed by atoms with E-state index in [9.17, 15) is 0 Å². The number of aryl methyl sites for hydroxylation is 1. The first-order valence-corrected chi connectivity index (χ1v) is 6.53. The Morgan fingerprint density at radius 3 is 2.89 bits per heavy atom. The smallest absolute Gasteiger partial charge is 0.122 e. The van der Waals surface area contributed by atoms with E-state index in [1.165, 1.54) is 5.56 Å². The van der Waals surface area contributed by atoms with Crippen molar-refractivity contribution in [3.63, 3.8) is 0 Å². The molecule has 1 aromatic heterocycles. The third-order valence-electron chi connectivity index (χ3n) is 3.09. The Balaban J connectivity index is 2.04. The van der Waals surface area contributed by atoms with E-state index in [-0.39, 0.29) is 0 Å². The molecule has 1 heterocycles. The molecule has 1 atom stereocenters. The van der Waals surface area contributed by atoms with E-state index in [0.29, 0.717) is 6.04 Å². The maximum atomic E-state index is 6.03. The Kier molecular flexibility index (Phi) is 4.39. The van der Waals surface area contributed by atoms with Gasteiger partial charge in [-0.25, -0.2) is 4.98 Å². The van der Waals surface area contributed by atoms with Crippen LogP contribution in [-0.2, 0) is 13.6 Å². The van der Waals surface area contributed by atoms with Crippen LogP contribution in [0.2, 0.25) is 5.02 Å². The second-order valence-electron chi connectivity index (χ2n) is 4.35. The number of hydrogen-bond donors (Lipinski definition) is 1. The minimum atomic E-state index is 0.306. The number of nitrogens with one attached hydrogen (secondary N) is 1. The van der Waals surface area contributed by atoms with E-state index >= 15 is 0 Å². The Hall–Kier alpha value is -1.32. The maximum absolute atomic E-state index is 6.03. The third-order valence-corrected chi connectivity index (χ3v) is 3.32. The van der Waals surface area contributed by atoms with Crippen molar-refractivity contribution in [2.45, 2.75) is 25.9 Å². The largest absolute Gasteiger partial charge is 0.337 e. The molecule has 0 aliphatic carbocycles. The van der Waals surface area contributed by atoms with Gasteiger partial charge in [0.05, 0.1) is 6.54 Å². The van der Waals surface area contributed by atoms with Crippen molar-refractivity contribution in [1.82, 2.24) is 14.9 Å². The lowest BCUT2D eigenvalue weighted by atomic mass is 10.0. The van der Waals surface area contributed by atoms with E-state index in [4.69, 9.17) is 11.6 Å². The second-order valence-corrected chi connectivity index (χ2v) is 4.79. The molecular weight excluding hydrogens is 246 g/mol. The predicted molar refractivity (Wildman–Crippen MR) is 74.5 cm³/mol. The number of benzene rings is 1. The minimum absolute atomic E-state index is 0.306. The summed E-state index contributed by atoms with van der Waals surface area (Å²) in [7, 11) is 2.00. The number of aromatic nitrogens is 2. The highest BCUT2D eigenvalue weighted by Gasteiger charge is 2.10. The molecule has 18 heavy (non-hydrogen) atoms. The molecule has 0 amide bonds. The predicted octanol–water partition coefficient (Wildman–Crippen LogP) is 3.31. The summed E-state index contributed by atoms with van der Waals surface area (Å²) in [6.07, 6.45) is 4.79. The first-order valence-electron chi connectivity index (χ1n) is 6.15. The van der Waals surface area contributed by atoms with Crippen LogP contribution < -0.4 is 5.32 Å². The van der Waals surface area contributed by atoms with Crippen LogP contribution in [0.4, 0.5) is 0 Å². The number of imidazole rings is 1. The molecule has 1 N–H and O–H groups in total. The van der Waals surface area contributed by atoms with Gasteiger partial charge in [0.25, 0.3) is 0 Å². The molecule has 0 aliphatic rings. The summed E-state index contributed by atoms with van der Waals surface area (Å²) in [5.74, 6) is 1.04. The van der Waals surface area contributed by atoms with Gasteiger partial charge >= 0.3 is 0 Å². The van der Waals surface area contributed by atoms with E-state index < -0.39 is 0 Å². The van der Waals surface area contributed by atoms with Gasteiger partial charge in [-0.1, -0.05) is 30.7 Å². The van der Waals surface area contributed by atoms with E-state index in [1.54, 1.807) is 0 Å². The summed E-state index contributed by atoms with van der Waals surface area (Å²) >= 11 is 6.03. The molecule has 1 aromatic carbocycles. The van der Waals surface area contributed by atoms with Crippen molar-refractivity contribution < 1.29 is 0 Å².